The smallest absolute Gasteiger partial charge is 0.0685 e. The number of hydrogen-bond donors (Lipinski definition) is 1. The Hall–Kier alpha value is -0.570. The molecule has 1 spiro atoms. The first-order chi connectivity index (χ1) is 9.71. The van der Waals surface area contributed by atoms with E-state index in [4.69, 9.17) is 16.3 Å². The molecular formula is C17H24ClNO. The van der Waals surface area contributed by atoms with Crippen molar-refractivity contribution in [2.45, 2.75) is 50.2 Å². The SMILES string of the molecule is CNC(Cc1ccc(Cl)cc1)C1CCOC2(CCC2)C1. The van der Waals surface area contributed by atoms with Gasteiger partial charge >= 0.3 is 0 Å². The monoisotopic (exact) mass is 293 g/mol. The maximum Gasteiger partial charge on any atom is 0.0685 e. The zero-order chi connectivity index (χ0) is 14.0. The van der Waals surface area contributed by atoms with Crippen LogP contribution in [-0.2, 0) is 11.2 Å². The molecule has 0 radical (unpaired) electrons. The summed E-state index contributed by atoms with van der Waals surface area (Å²) in [6.07, 6.45) is 7.36. The fourth-order valence-electron chi connectivity index (χ4n) is 3.71. The lowest BCUT2D eigenvalue weighted by molar-refractivity contribution is -0.146. The van der Waals surface area contributed by atoms with E-state index in [0.717, 1.165) is 24.0 Å². The fourth-order valence-corrected chi connectivity index (χ4v) is 3.83. The first kappa shape index (κ1) is 14.4. The van der Waals surface area contributed by atoms with E-state index in [1.807, 2.05) is 12.1 Å². The van der Waals surface area contributed by atoms with Crippen LogP contribution in [0.5, 0.6) is 0 Å². The predicted molar refractivity (Wildman–Crippen MR) is 83.3 cm³/mol. The Morgan fingerprint density at radius 2 is 2.10 bits per heavy atom. The maximum absolute atomic E-state index is 6.05. The van der Waals surface area contributed by atoms with Gasteiger partial charge in [0.25, 0.3) is 0 Å². The standard InChI is InChI=1S/C17H24ClNO/c1-19-16(11-13-3-5-15(18)6-4-13)14-7-10-20-17(12-14)8-2-9-17/h3-6,14,16,19H,2,7-12H2,1H3. The van der Waals surface area contributed by atoms with Crippen LogP contribution in [0.2, 0.25) is 5.02 Å². The summed E-state index contributed by atoms with van der Waals surface area (Å²) < 4.78 is 6.05. The summed E-state index contributed by atoms with van der Waals surface area (Å²) in [5.41, 5.74) is 1.60. The van der Waals surface area contributed by atoms with Crippen LogP contribution in [0, 0.1) is 5.92 Å². The second-order valence-electron chi connectivity index (χ2n) is 6.36. The molecule has 1 aliphatic carbocycles. The van der Waals surface area contributed by atoms with Gasteiger partial charge in [0, 0.05) is 17.7 Å². The van der Waals surface area contributed by atoms with E-state index >= 15 is 0 Å². The quantitative estimate of drug-likeness (QED) is 0.911. The third-order valence-electron chi connectivity index (χ3n) is 5.10. The highest BCUT2D eigenvalue weighted by Crippen LogP contribution is 2.45. The van der Waals surface area contributed by atoms with E-state index in [-0.39, 0.29) is 5.60 Å². The molecule has 1 saturated carbocycles. The molecule has 1 heterocycles. The molecule has 2 aliphatic rings. The highest BCUT2D eigenvalue weighted by Gasteiger charge is 2.43. The van der Waals surface area contributed by atoms with Crippen LogP contribution in [0.4, 0.5) is 0 Å². The summed E-state index contributed by atoms with van der Waals surface area (Å²) in [6.45, 7) is 0.934. The number of likely N-dealkylation sites (N-methyl/N-ethyl adjacent to an activating group) is 1. The third kappa shape index (κ3) is 3.03. The second kappa shape index (κ2) is 6.05. The van der Waals surface area contributed by atoms with Crippen LogP contribution in [0.15, 0.2) is 24.3 Å². The van der Waals surface area contributed by atoms with Crippen molar-refractivity contribution in [1.29, 1.82) is 0 Å². The Balaban J connectivity index is 1.65. The van der Waals surface area contributed by atoms with E-state index in [2.05, 4.69) is 24.5 Å². The van der Waals surface area contributed by atoms with E-state index in [1.54, 1.807) is 0 Å². The van der Waals surface area contributed by atoms with Gasteiger partial charge in [-0.15, -0.1) is 0 Å². The van der Waals surface area contributed by atoms with Gasteiger partial charge < -0.3 is 10.1 Å². The van der Waals surface area contributed by atoms with Crippen molar-refractivity contribution in [3.05, 3.63) is 34.9 Å². The van der Waals surface area contributed by atoms with E-state index in [9.17, 15) is 0 Å². The van der Waals surface area contributed by atoms with Gasteiger partial charge in [0.1, 0.15) is 0 Å². The van der Waals surface area contributed by atoms with Crippen LogP contribution in [0.1, 0.15) is 37.7 Å². The van der Waals surface area contributed by atoms with Gasteiger partial charge in [-0.1, -0.05) is 23.7 Å². The highest BCUT2D eigenvalue weighted by molar-refractivity contribution is 6.30. The Labute approximate surface area is 126 Å². The normalized spacial score (nSPS) is 26.2. The lowest BCUT2D eigenvalue weighted by Crippen LogP contribution is -2.50. The molecule has 110 valence electrons. The van der Waals surface area contributed by atoms with Crippen molar-refractivity contribution in [3.63, 3.8) is 0 Å². The molecule has 20 heavy (non-hydrogen) atoms. The van der Waals surface area contributed by atoms with Crippen LogP contribution >= 0.6 is 11.6 Å². The van der Waals surface area contributed by atoms with Crippen molar-refractivity contribution in [2.24, 2.45) is 5.92 Å². The first-order valence-corrected chi connectivity index (χ1v) is 8.14. The molecule has 2 atom stereocenters. The van der Waals surface area contributed by atoms with Crippen LogP contribution in [0.25, 0.3) is 0 Å². The van der Waals surface area contributed by atoms with Gasteiger partial charge in [-0.25, -0.2) is 0 Å². The van der Waals surface area contributed by atoms with Gasteiger partial charge in [-0.05, 0) is 69.2 Å². The van der Waals surface area contributed by atoms with Gasteiger partial charge in [0.2, 0.25) is 0 Å². The molecule has 1 aromatic rings. The first-order valence-electron chi connectivity index (χ1n) is 7.76. The fraction of sp³-hybridized carbons (Fsp3) is 0.647. The summed E-state index contributed by atoms with van der Waals surface area (Å²) >= 11 is 5.96. The van der Waals surface area contributed by atoms with E-state index in [1.165, 1.54) is 37.7 Å². The van der Waals surface area contributed by atoms with E-state index < -0.39 is 0 Å². The number of benzene rings is 1. The molecule has 3 rings (SSSR count). The molecule has 0 aromatic heterocycles. The van der Waals surface area contributed by atoms with Crippen molar-refractivity contribution in [2.75, 3.05) is 13.7 Å². The van der Waals surface area contributed by atoms with Gasteiger partial charge in [-0.3, -0.25) is 0 Å². The maximum atomic E-state index is 6.05. The average molecular weight is 294 g/mol. The number of hydrogen-bond acceptors (Lipinski definition) is 2. The molecule has 2 nitrogen and oxygen atoms in total. The van der Waals surface area contributed by atoms with Crippen molar-refractivity contribution < 1.29 is 4.74 Å². The zero-order valence-electron chi connectivity index (χ0n) is 12.2. The minimum atomic E-state index is 0.234. The summed E-state index contributed by atoms with van der Waals surface area (Å²) in [7, 11) is 2.09. The lowest BCUT2D eigenvalue weighted by Gasteiger charge is -2.48. The molecule has 1 aromatic carbocycles. The van der Waals surface area contributed by atoms with Crippen molar-refractivity contribution in [1.82, 2.24) is 5.32 Å². The van der Waals surface area contributed by atoms with Crippen molar-refractivity contribution in [3.8, 4) is 0 Å². The Morgan fingerprint density at radius 3 is 2.70 bits per heavy atom. The minimum Gasteiger partial charge on any atom is -0.375 e. The summed E-state index contributed by atoms with van der Waals surface area (Å²) in [6, 6.07) is 8.80. The molecule has 1 saturated heterocycles. The average Bonchev–Trinajstić information content (AvgIpc) is 2.45. The Bertz CT molecular complexity index is 441. The summed E-state index contributed by atoms with van der Waals surface area (Å²) in [5, 5.41) is 4.35. The van der Waals surface area contributed by atoms with Crippen LogP contribution in [0.3, 0.4) is 0 Å². The number of halogens is 1. The molecule has 2 unspecified atom stereocenters. The predicted octanol–water partition coefficient (Wildman–Crippen LogP) is 3.82. The Morgan fingerprint density at radius 1 is 1.35 bits per heavy atom. The molecule has 2 fully saturated rings. The molecule has 1 N–H and O–H groups in total. The van der Waals surface area contributed by atoms with Crippen LogP contribution in [-0.4, -0.2) is 25.3 Å². The topological polar surface area (TPSA) is 21.3 Å². The second-order valence-corrected chi connectivity index (χ2v) is 6.80. The van der Waals surface area contributed by atoms with Gasteiger partial charge in [-0.2, -0.15) is 0 Å². The summed E-state index contributed by atoms with van der Waals surface area (Å²) in [4.78, 5) is 0. The molecule has 1 aliphatic heterocycles. The highest BCUT2D eigenvalue weighted by atomic mass is 35.5. The largest absolute Gasteiger partial charge is 0.375 e. The Kier molecular flexibility index (Phi) is 4.34. The van der Waals surface area contributed by atoms with E-state index in [0.29, 0.717) is 6.04 Å². The zero-order valence-corrected chi connectivity index (χ0v) is 13.0. The molecular weight excluding hydrogens is 270 g/mol. The number of ether oxygens (including phenoxy) is 1. The molecule has 3 heteroatoms. The lowest BCUT2D eigenvalue weighted by atomic mass is 9.70. The van der Waals surface area contributed by atoms with Crippen LogP contribution < -0.4 is 5.32 Å². The third-order valence-corrected chi connectivity index (χ3v) is 5.36. The van der Waals surface area contributed by atoms with Crippen molar-refractivity contribution >= 4 is 11.6 Å². The minimum absolute atomic E-state index is 0.234. The summed E-state index contributed by atoms with van der Waals surface area (Å²) in [5.74, 6) is 0.727. The molecule has 0 amide bonds. The van der Waals surface area contributed by atoms with Gasteiger partial charge in [0.15, 0.2) is 0 Å². The number of nitrogens with one attached hydrogen (secondary N) is 1. The molecule has 0 bridgehead atoms. The van der Waals surface area contributed by atoms with Gasteiger partial charge in [0.05, 0.1) is 5.60 Å². The number of rotatable bonds is 4.